The number of sulfone groups is 1. The molecule has 1 fully saturated rings. The predicted molar refractivity (Wildman–Crippen MR) is 72.2 cm³/mol. The molecule has 1 saturated heterocycles. The molecule has 1 N–H and O–H groups in total. The van der Waals surface area contributed by atoms with Gasteiger partial charge in [0.25, 0.3) is 5.91 Å². The van der Waals surface area contributed by atoms with E-state index in [4.69, 9.17) is 16.7 Å². The molecule has 7 nitrogen and oxygen atoms in total. The zero-order valence-corrected chi connectivity index (χ0v) is 12.1. The first-order valence-corrected chi connectivity index (χ1v) is 8.24. The van der Waals surface area contributed by atoms with E-state index in [9.17, 15) is 13.2 Å². The van der Waals surface area contributed by atoms with E-state index in [1.165, 1.54) is 17.0 Å². The van der Waals surface area contributed by atoms with Crippen LogP contribution in [0.3, 0.4) is 0 Å². The molecule has 9 heteroatoms. The van der Waals surface area contributed by atoms with Crippen molar-refractivity contribution in [1.29, 1.82) is 0 Å². The average molecular weight is 320 g/mol. The van der Waals surface area contributed by atoms with Gasteiger partial charge in [0.1, 0.15) is 0 Å². The first-order valence-electron chi connectivity index (χ1n) is 6.04. The number of hydrogen-bond acceptors (Lipinski definition) is 6. The third-order valence-electron chi connectivity index (χ3n) is 3.10. The van der Waals surface area contributed by atoms with Crippen LogP contribution in [0, 0.1) is 0 Å². The summed E-state index contributed by atoms with van der Waals surface area (Å²) < 4.78 is 23.0. The highest BCUT2D eigenvalue weighted by molar-refractivity contribution is 7.91. The minimum Gasteiger partial charge on any atom is -0.395 e. The maximum atomic E-state index is 12.3. The van der Waals surface area contributed by atoms with Crippen LogP contribution < -0.4 is 0 Å². The minimum atomic E-state index is -3.11. The van der Waals surface area contributed by atoms with Crippen LogP contribution >= 0.6 is 11.6 Å². The van der Waals surface area contributed by atoms with Crippen molar-refractivity contribution < 1.29 is 18.3 Å². The summed E-state index contributed by atoms with van der Waals surface area (Å²) >= 11 is 5.60. The SMILES string of the molecule is O=C(c1ccc(Cl)nn1)N(CCO)C1CCS(=O)(=O)C1. The number of aliphatic hydroxyl groups excluding tert-OH is 1. The molecular weight excluding hydrogens is 306 g/mol. The van der Waals surface area contributed by atoms with Crippen LogP contribution in [0.25, 0.3) is 0 Å². The Balaban J connectivity index is 2.20. The molecule has 110 valence electrons. The van der Waals surface area contributed by atoms with Gasteiger partial charge in [0.15, 0.2) is 20.7 Å². The molecule has 0 bridgehead atoms. The van der Waals surface area contributed by atoms with Gasteiger partial charge in [0.2, 0.25) is 0 Å². The van der Waals surface area contributed by atoms with Crippen molar-refractivity contribution in [3.63, 3.8) is 0 Å². The van der Waals surface area contributed by atoms with Crippen LogP contribution in [0.5, 0.6) is 0 Å². The number of halogens is 1. The standard InChI is InChI=1S/C11H14ClN3O4S/c12-10-2-1-9(13-14-10)11(17)15(4-5-16)8-3-6-20(18,19)7-8/h1-2,8,16H,3-7H2. The summed E-state index contributed by atoms with van der Waals surface area (Å²) in [5.74, 6) is -0.482. The molecule has 1 atom stereocenters. The van der Waals surface area contributed by atoms with Gasteiger partial charge in [-0.25, -0.2) is 8.42 Å². The molecule has 0 aliphatic carbocycles. The Morgan fingerprint density at radius 3 is 2.70 bits per heavy atom. The van der Waals surface area contributed by atoms with Gasteiger partial charge in [0.05, 0.1) is 18.1 Å². The molecule has 1 aromatic rings. The van der Waals surface area contributed by atoms with E-state index in [1.54, 1.807) is 0 Å². The summed E-state index contributed by atoms with van der Waals surface area (Å²) in [6, 6.07) is 2.42. The normalized spacial score (nSPS) is 20.8. The molecule has 0 aromatic carbocycles. The van der Waals surface area contributed by atoms with Crippen LogP contribution in [-0.4, -0.2) is 65.2 Å². The van der Waals surface area contributed by atoms with Gasteiger partial charge in [-0.05, 0) is 18.6 Å². The van der Waals surface area contributed by atoms with Crippen molar-refractivity contribution in [3.05, 3.63) is 23.0 Å². The summed E-state index contributed by atoms with van der Waals surface area (Å²) in [6.07, 6.45) is 0.370. The molecule has 0 radical (unpaired) electrons. The summed E-state index contributed by atoms with van der Waals surface area (Å²) in [7, 11) is -3.11. The second kappa shape index (κ2) is 6.02. The van der Waals surface area contributed by atoms with Gasteiger partial charge in [-0.2, -0.15) is 0 Å². The topological polar surface area (TPSA) is 100 Å². The number of aromatic nitrogens is 2. The molecule has 1 unspecified atom stereocenters. The molecule has 2 heterocycles. The summed E-state index contributed by atoms with van der Waals surface area (Å²) in [5.41, 5.74) is 0.0761. The fourth-order valence-corrected chi connectivity index (χ4v) is 3.99. The van der Waals surface area contributed by atoms with Crippen LogP contribution in [0.2, 0.25) is 5.15 Å². The lowest BCUT2D eigenvalue weighted by atomic mass is 10.2. The van der Waals surface area contributed by atoms with Crippen LogP contribution in [0.15, 0.2) is 12.1 Å². The van der Waals surface area contributed by atoms with Crippen molar-refractivity contribution >= 4 is 27.3 Å². The lowest BCUT2D eigenvalue weighted by molar-refractivity contribution is 0.0648. The smallest absolute Gasteiger partial charge is 0.274 e. The first-order chi connectivity index (χ1) is 9.43. The van der Waals surface area contributed by atoms with Gasteiger partial charge < -0.3 is 10.0 Å². The maximum absolute atomic E-state index is 12.3. The van der Waals surface area contributed by atoms with E-state index in [0.717, 1.165) is 0 Å². The second-order valence-electron chi connectivity index (χ2n) is 4.52. The Labute approximate surface area is 121 Å². The van der Waals surface area contributed by atoms with E-state index in [0.29, 0.717) is 6.42 Å². The Hall–Kier alpha value is -1.25. The highest BCUT2D eigenvalue weighted by Crippen LogP contribution is 2.19. The van der Waals surface area contributed by atoms with Crippen LogP contribution in [0.4, 0.5) is 0 Å². The van der Waals surface area contributed by atoms with E-state index < -0.39 is 21.8 Å². The lowest BCUT2D eigenvalue weighted by Gasteiger charge is -2.26. The van der Waals surface area contributed by atoms with E-state index in [2.05, 4.69) is 10.2 Å². The quantitative estimate of drug-likeness (QED) is 0.821. The number of rotatable bonds is 4. The number of amides is 1. The number of carbonyl (C=O) groups excluding carboxylic acids is 1. The van der Waals surface area contributed by atoms with Crippen molar-refractivity contribution in [3.8, 4) is 0 Å². The third-order valence-corrected chi connectivity index (χ3v) is 5.05. The largest absolute Gasteiger partial charge is 0.395 e. The Morgan fingerprint density at radius 1 is 1.45 bits per heavy atom. The zero-order valence-electron chi connectivity index (χ0n) is 10.6. The van der Waals surface area contributed by atoms with Gasteiger partial charge in [-0.3, -0.25) is 4.79 Å². The van der Waals surface area contributed by atoms with Gasteiger partial charge in [-0.1, -0.05) is 11.6 Å². The Morgan fingerprint density at radius 2 is 2.20 bits per heavy atom. The summed E-state index contributed by atoms with van der Waals surface area (Å²) in [4.78, 5) is 13.7. The number of carbonyl (C=O) groups is 1. The molecule has 1 amide bonds. The molecule has 1 aliphatic rings. The third kappa shape index (κ3) is 3.44. The van der Waals surface area contributed by atoms with Crippen molar-refractivity contribution in [1.82, 2.24) is 15.1 Å². The van der Waals surface area contributed by atoms with E-state index >= 15 is 0 Å². The van der Waals surface area contributed by atoms with Gasteiger partial charge in [0, 0.05) is 12.6 Å². The average Bonchev–Trinajstić information content (AvgIpc) is 2.76. The van der Waals surface area contributed by atoms with Crippen molar-refractivity contribution in [2.24, 2.45) is 0 Å². The predicted octanol–water partition coefficient (Wildman–Crippen LogP) is -0.248. The maximum Gasteiger partial charge on any atom is 0.274 e. The molecular formula is C11H14ClN3O4S. The van der Waals surface area contributed by atoms with Crippen molar-refractivity contribution in [2.45, 2.75) is 12.5 Å². The molecule has 2 rings (SSSR count). The molecule has 0 spiro atoms. The molecule has 1 aromatic heterocycles. The lowest BCUT2D eigenvalue weighted by Crippen LogP contribution is -2.43. The molecule has 20 heavy (non-hydrogen) atoms. The number of hydrogen-bond donors (Lipinski definition) is 1. The fraction of sp³-hybridized carbons (Fsp3) is 0.545. The summed E-state index contributed by atoms with van der Waals surface area (Å²) in [6.45, 7) is -0.188. The number of aliphatic hydroxyl groups is 1. The molecule has 0 saturated carbocycles. The number of nitrogens with zero attached hydrogens (tertiary/aromatic N) is 3. The van der Waals surface area contributed by atoms with Gasteiger partial charge >= 0.3 is 0 Å². The zero-order chi connectivity index (χ0) is 14.8. The van der Waals surface area contributed by atoms with Crippen LogP contribution in [-0.2, 0) is 9.84 Å². The minimum absolute atomic E-state index is 0.0547. The second-order valence-corrected chi connectivity index (χ2v) is 7.14. The van der Waals surface area contributed by atoms with E-state index in [-0.39, 0.29) is 35.5 Å². The Kier molecular flexibility index (Phi) is 4.56. The summed E-state index contributed by atoms with van der Waals surface area (Å²) in [5, 5.41) is 16.5. The first kappa shape index (κ1) is 15.1. The van der Waals surface area contributed by atoms with Crippen molar-refractivity contribution in [2.75, 3.05) is 24.7 Å². The van der Waals surface area contributed by atoms with E-state index in [1.807, 2.05) is 0 Å². The van der Waals surface area contributed by atoms with Crippen LogP contribution in [0.1, 0.15) is 16.9 Å². The van der Waals surface area contributed by atoms with Gasteiger partial charge in [-0.15, -0.1) is 10.2 Å². The fourth-order valence-electron chi connectivity index (χ4n) is 2.16. The highest BCUT2D eigenvalue weighted by Gasteiger charge is 2.35. The monoisotopic (exact) mass is 319 g/mol. The molecule has 1 aliphatic heterocycles. The Bertz CT molecular complexity index is 590. The highest BCUT2D eigenvalue weighted by atomic mass is 35.5.